The second kappa shape index (κ2) is 15.6. The topological polar surface area (TPSA) is 84.5 Å². The highest BCUT2D eigenvalue weighted by molar-refractivity contribution is 5.66. The molecule has 24 heavy (non-hydrogen) atoms. The van der Waals surface area contributed by atoms with Crippen molar-refractivity contribution in [2.45, 2.75) is 26.4 Å². The molecule has 0 aliphatic rings. The van der Waals surface area contributed by atoms with Crippen molar-refractivity contribution in [3.63, 3.8) is 0 Å². The fourth-order valence-corrected chi connectivity index (χ4v) is 1.44. The summed E-state index contributed by atoms with van der Waals surface area (Å²) in [4.78, 5) is 11.4. The zero-order valence-corrected chi connectivity index (χ0v) is 15.4. The van der Waals surface area contributed by atoms with Crippen molar-refractivity contribution >= 4 is 6.09 Å². The number of rotatable bonds is 15. The summed E-state index contributed by atoms with van der Waals surface area (Å²) in [7, 11) is 1.63. The Morgan fingerprint density at radius 1 is 0.792 bits per heavy atom. The van der Waals surface area contributed by atoms with Crippen molar-refractivity contribution < 1.29 is 33.2 Å². The van der Waals surface area contributed by atoms with Gasteiger partial charge in [0.15, 0.2) is 0 Å². The fraction of sp³-hybridized carbons (Fsp3) is 0.938. The number of nitrogens with one attached hydrogen (secondary N) is 1. The first-order valence-corrected chi connectivity index (χ1v) is 8.22. The molecule has 0 rings (SSSR count). The summed E-state index contributed by atoms with van der Waals surface area (Å²) in [5, 5.41) is 2.61. The van der Waals surface area contributed by atoms with E-state index < -0.39 is 6.09 Å². The molecule has 0 atom stereocenters. The lowest BCUT2D eigenvalue weighted by Crippen LogP contribution is -2.31. The highest BCUT2D eigenvalue weighted by Gasteiger charge is 2.09. The molecule has 0 aromatic carbocycles. The van der Waals surface area contributed by atoms with Crippen LogP contribution in [0, 0.1) is 0 Å². The maximum Gasteiger partial charge on any atom is 0.407 e. The molecule has 1 N–H and O–H groups in total. The van der Waals surface area contributed by atoms with Gasteiger partial charge in [-0.15, -0.1) is 0 Å². The van der Waals surface area contributed by atoms with Gasteiger partial charge < -0.3 is 33.7 Å². The molecule has 144 valence electrons. The van der Waals surface area contributed by atoms with Crippen LogP contribution in [0.5, 0.6) is 0 Å². The number of carbonyl (C=O) groups excluding carboxylic acids is 1. The van der Waals surface area contributed by atoms with E-state index in [0.717, 1.165) is 0 Å². The Hall–Kier alpha value is -0.930. The van der Waals surface area contributed by atoms with E-state index in [1.165, 1.54) is 0 Å². The van der Waals surface area contributed by atoms with E-state index in [2.05, 4.69) is 5.32 Å². The zero-order valence-electron chi connectivity index (χ0n) is 15.4. The lowest BCUT2D eigenvalue weighted by Gasteiger charge is -2.19. The van der Waals surface area contributed by atoms with E-state index in [0.29, 0.717) is 59.4 Å². The largest absolute Gasteiger partial charge is 0.447 e. The van der Waals surface area contributed by atoms with Crippen LogP contribution in [-0.4, -0.2) is 84.8 Å². The van der Waals surface area contributed by atoms with Gasteiger partial charge in [0.05, 0.1) is 58.5 Å². The Morgan fingerprint density at radius 2 is 1.29 bits per heavy atom. The molecular weight excluding hydrogens is 318 g/mol. The predicted molar refractivity (Wildman–Crippen MR) is 89.4 cm³/mol. The normalized spacial score (nSPS) is 11.5. The van der Waals surface area contributed by atoms with Crippen LogP contribution in [-0.2, 0) is 28.4 Å². The van der Waals surface area contributed by atoms with Gasteiger partial charge in [0.1, 0.15) is 6.61 Å². The van der Waals surface area contributed by atoms with Crippen LogP contribution >= 0.6 is 0 Å². The molecule has 0 saturated carbocycles. The van der Waals surface area contributed by atoms with Crippen LogP contribution < -0.4 is 5.32 Å². The number of carbonyl (C=O) groups is 1. The first kappa shape index (κ1) is 23.1. The maximum absolute atomic E-state index is 11.4. The molecule has 0 aliphatic carbocycles. The first-order valence-electron chi connectivity index (χ1n) is 8.22. The van der Waals surface area contributed by atoms with Crippen LogP contribution in [0.3, 0.4) is 0 Å². The van der Waals surface area contributed by atoms with Gasteiger partial charge in [0.25, 0.3) is 0 Å². The van der Waals surface area contributed by atoms with E-state index >= 15 is 0 Å². The molecule has 0 spiro atoms. The molecule has 0 aliphatic heterocycles. The van der Waals surface area contributed by atoms with Gasteiger partial charge in [0.2, 0.25) is 0 Å². The number of hydrogen-bond acceptors (Lipinski definition) is 7. The van der Waals surface area contributed by atoms with Crippen molar-refractivity contribution in [2.24, 2.45) is 0 Å². The molecule has 8 nitrogen and oxygen atoms in total. The number of alkyl carbamates (subject to hydrolysis) is 1. The minimum Gasteiger partial charge on any atom is -0.447 e. The molecule has 0 heterocycles. The maximum atomic E-state index is 11.4. The highest BCUT2D eigenvalue weighted by Crippen LogP contribution is 2.04. The third-order valence-electron chi connectivity index (χ3n) is 2.54. The summed E-state index contributed by atoms with van der Waals surface area (Å²) < 4.78 is 31.1. The summed E-state index contributed by atoms with van der Waals surface area (Å²) >= 11 is 0. The SMILES string of the molecule is COCCOCCOCCOCCOC(=O)NCCOC(C)(C)C. The van der Waals surface area contributed by atoms with E-state index in [-0.39, 0.29) is 12.2 Å². The van der Waals surface area contributed by atoms with Crippen molar-refractivity contribution in [2.75, 3.05) is 73.1 Å². The summed E-state index contributed by atoms with van der Waals surface area (Å²) in [6, 6.07) is 0. The molecule has 0 radical (unpaired) electrons. The fourth-order valence-electron chi connectivity index (χ4n) is 1.44. The van der Waals surface area contributed by atoms with Crippen molar-refractivity contribution in [1.29, 1.82) is 0 Å². The highest BCUT2D eigenvalue weighted by atomic mass is 16.6. The molecule has 0 saturated heterocycles. The summed E-state index contributed by atoms with van der Waals surface area (Å²) in [6.45, 7) is 10.4. The third-order valence-corrected chi connectivity index (χ3v) is 2.54. The second-order valence-electron chi connectivity index (χ2n) is 5.85. The van der Waals surface area contributed by atoms with Gasteiger partial charge >= 0.3 is 6.09 Å². The smallest absolute Gasteiger partial charge is 0.407 e. The van der Waals surface area contributed by atoms with Crippen molar-refractivity contribution in [3.8, 4) is 0 Å². The van der Waals surface area contributed by atoms with Crippen LogP contribution in [0.15, 0.2) is 0 Å². The Balaban J connectivity index is 3.19. The minimum absolute atomic E-state index is 0.200. The molecule has 8 heteroatoms. The van der Waals surface area contributed by atoms with Crippen LogP contribution in [0.2, 0.25) is 0 Å². The minimum atomic E-state index is -0.472. The van der Waals surface area contributed by atoms with Gasteiger partial charge in [-0.25, -0.2) is 4.79 Å². The van der Waals surface area contributed by atoms with Crippen LogP contribution in [0.25, 0.3) is 0 Å². The average molecular weight is 351 g/mol. The lowest BCUT2D eigenvalue weighted by molar-refractivity contribution is -0.00501. The van der Waals surface area contributed by atoms with Gasteiger partial charge in [-0.2, -0.15) is 0 Å². The van der Waals surface area contributed by atoms with Gasteiger partial charge in [-0.1, -0.05) is 0 Å². The number of amides is 1. The predicted octanol–water partition coefficient (Wildman–Crippen LogP) is 1.22. The van der Waals surface area contributed by atoms with E-state index in [9.17, 15) is 4.79 Å². The number of hydrogen-bond donors (Lipinski definition) is 1. The quantitative estimate of drug-likeness (QED) is 0.444. The molecule has 0 unspecified atom stereocenters. The van der Waals surface area contributed by atoms with E-state index in [1.54, 1.807) is 7.11 Å². The van der Waals surface area contributed by atoms with Crippen molar-refractivity contribution in [1.82, 2.24) is 5.32 Å². The Kier molecular flexibility index (Phi) is 15.0. The molecule has 0 aromatic heterocycles. The molecule has 0 fully saturated rings. The van der Waals surface area contributed by atoms with E-state index in [1.807, 2.05) is 20.8 Å². The lowest BCUT2D eigenvalue weighted by atomic mass is 10.2. The van der Waals surface area contributed by atoms with Crippen molar-refractivity contribution in [3.05, 3.63) is 0 Å². The first-order chi connectivity index (χ1) is 11.5. The standard InChI is InChI=1S/C16H33NO7/c1-16(2,3)24-6-5-17-15(18)23-14-13-22-12-11-21-10-9-20-8-7-19-4/h5-14H2,1-4H3,(H,17,18). The molecular formula is C16H33NO7. The van der Waals surface area contributed by atoms with Crippen LogP contribution in [0.1, 0.15) is 20.8 Å². The van der Waals surface area contributed by atoms with Gasteiger partial charge in [0, 0.05) is 13.7 Å². The monoisotopic (exact) mass is 351 g/mol. The zero-order chi connectivity index (χ0) is 18.1. The summed E-state index contributed by atoms with van der Waals surface area (Å²) in [5.74, 6) is 0. The average Bonchev–Trinajstić information content (AvgIpc) is 2.52. The molecule has 0 aromatic rings. The third kappa shape index (κ3) is 19.1. The Bertz CT molecular complexity index is 295. The number of methoxy groups -OCH3 is 1. The summed E-state index contributed by atoms with van der Waals surface area (Å²) in [5.41, 5.74) is -0.211. The number of ether oxygens (including phenoxy) is 6. The molecule has 0 bridgehead atoms. The van der Waals surface area contributed by atoms with Gasteiger partial charge in [-0.3, -0.25) is 0 Å². The van der Waals surface area contributed by atoms with Crippen LogP contribution in [0.4, 0.5) is 4.79 Å². The molecule has 1 amide bonds. The Morgan fingerprint density at radius 3 is 1.79 bits per heavy atom. The van der Waals surface area contributed by atoms with E-state index in [4.69, 9.17) is 28.4 Å². The second-order valence-corrected chi connectivity index (χ2v) is 5.85. The summed E-state index contributed by atoms with van der Waals surface area (Å²) in [6.07, 6.45) is -0.472. The Labute approximate surface area is 145 Å². The van der Waals surface area contributed by atoms with Gasteiger partial charge in [-0.05, 0) is 20.8 Å².